The van der Waals surface area contributed by atoms with E-state index >= 15 is 0 Å². The lowest BCUT2D eigenvalue weighted by Gasteiger charge is -2.14. The van der Waals surface area contributed by atoms with Crippen LogP contribution in [0.25, 0.3) is 0 Å². The Morgan fingerprint density at radius 1 is 1.47 bits per heavy atom. The smallest absolute Gasteiger partial charge is 0.308 e. The molecule has 0 heterocycles. The van der Waals surface area contributed by atoms with E-state index in [2.05, 4.69) is 13.8 Å². The lowest BCUT2D eigenvalue weighted by Crippen LogP contribution is -2.27. The second-order valence-electron chi connectivity index (χ2n) is 3.87. The number of hydrogen-bond donors (Lipinski definition) is 1. The zero-order valence-corrected chi connectivity index (χ0v) is 9.99. The summed E-state index contributed by atoms with van der Waals surface area (Å²) in [4.78, 5) is 11.3. The van der Waals surface area contributed by atoms with Gasteiger partial charge in [0, 0.05) is 13.7 Å². The van der Waals surface area contributed by atoms with Crippen molar-refractivity contribution in [3.8, 4) is 0 Å². The lowest BCUT2D eigenvalue weighted by molar-refractivity contribution is -0.147. The van der Waals surface area contributed by atoms with Crippen LogP contribution in [0.4, 0.5) is 0 Å². The molecule has 0 saturated carbocycles. The van der Waals surface area contributed by atoms with Gasteiger partial charge in [0.05, 0.1) is 19.1 Å². The molecule has 0 saturated heterocycles. The van der Waals surface area contributed by atoms with Gasteiger partial charge in [-0.3, -0.25) is 4.79 Å². The van der Waals surface area contributed by atoms with Crippen LogP contribution in [-0.4, -0.2) is 32.3 Å². The molecule has 15 heavy (non-hydrogen) atoms. The first-order valence-electron chi connectivity index (χ1n) is 5.52. The third-order valence-electron chi connectivity index (χ3n) is 2.30. The Morgan fingerprint density at radius 2 is 2.13 bits per heavy atom. The number of rotatable bonds is 8. The molecule has 4 heteroatoms. The van der Waals surface area contributed by atoms with E-state index in [0.29, 0.717) is 19.1 Å². The van der Waals surface area contributed by atoms with Crippen molar-refractivity contribution in [1.29, 1.82) is 0 Å². The molecule has 0 radical (unpaired) electrons. The Kier molecular flexibility index (Phi) is 8.33. The number of ether oxygens (including phenoxy) is 2. The zero-order valence-electron chi connectivity index (χ0n) is 9.99. The van der Waals surface area contributed by atoms with Crippen LogP contribution in [-0.2, 0) is 14.3 Å². The zero-order chi connectivity index (χ0) is 11.7. The van der Waals surface area contributed by atoms with Gasteiger partial charge in [0.1, 0.15) is 0 Å². The maximum absolute atomic E-state index is 11.3. The second kappa shape index (κ2) is 8.68. The van der Waals surface area contributed by atoms with E-state index in [9.17, 15) is 4.79 Å². The highest BCUT2D eigenvalue weighted by atomic mass is 16.5. The van der Waals surface area contributed by atoms with Gasteiger partial charge in [-0.25, -0.2) is 0 Å². The average molecular weight is 217 g/mol. The number of carbonyl (C=O) groups is 1. The van der Waals surface area contributed by atoms with Crippen LogP contribution in [0.15, 0.2) is 0 Å². The molecule has 4 nitrogen and oxygen atoms in total. The first-order chi connectivity index (χ1) is 7.13. The van der Waals surface area contributed by atoms with Gasteiger partial charge in [-0.1, -0.05) is 20.3 Å². The van der Waals surface area contributed by atoms with Crippen molar-refractivity contribution in [2.24, 2.45) is 11.7 Å². The SMILES string of the molecule is CCCC(C)COC(=O)CC(CN)OC. The summed E-state index contributed by atoms with van der Waals surface area (Å²) in [6.45, 7) is 5.03. The summed E-state index contributed by atoms with van der Waals surface area (Å²) in [5.74, 6) is 0.202. The minimum atomic E-state index is -0.227. The molecular weight excluding hydrogens is 194 g/mol. The van der Waals surface area contributed by atoms with E-state index in [-0.39, 0.29) is 18.5 Å². The number of carbonyl (C=O) groups excluding carboxylic acids is 1. The first kappa shape index (κ1) is 14.4. The molecule has 0 rings (SSSR count). The minimum absolute atomic E-state index is 0.223. The Bertz CT molecular complexity index is 169. The molecule has 0 aliphatic rings. The van der Waals surface area contributed by atoms with Crippen LogP contribution < -0.4 is 5.73 Å². The fourth-order valence-electron chi connectivity index (χ4n) is 1.32. The van der Waals surface area contributed by atoms with E-state index < -0.39 is 0 Å². The second-order valence-corrected chi connectivity index (χ2v) is 3.87. The number of esters is 1. The quantitative estimate of drug-likeness (QED) is 0.623. The van der Waals surface area contributed by atoms with Crippen molar-refractivity contribution >= 4 is 5.97 Å². The van der Waals surface area contributed by atoms with Crippen molar-refractivity contribution in [1.82, 2.24) is 0 Å². The normalized spacial score (nSPS) is 14.7. The Labute approximate surface area is 92.1 Å². The van der Waals surface area contributed by atoms with E-state index in [1.807, 2.05) is 0 Å². The monoisotopic (exact) mass is 217 g/mol. The highest BCUT2D eigenvalue weighted by Crippen LogP contribution is 2.06. The van der Waals surface area contributed by atoms with Crippen LogP contribution in [0.3, 0.4) is 0 Å². The van der Waals surface area contributed by atoms with Crippen LogP contribution in [0, 0.1) is 5.92 Å². The summed E-state index contributed by atoms with van der Waals surface area (Å²) >= 11 is 0. The maximum atomic E-state index is 11.3. The molecule has 0 aromatic heterocycles. The van der Waals surface area contributed by atoms with Gasteiger partial charge in [-0.2, -0.15) is 0 Å². The summed E-state index contributed by atoms with van der Waals surface area (Å²) in [7, 11) is 1.55. The highest BCUT2D eigenvalue weighted by molar-refractivity contribution is 5.70. The lowest BCUT2D eigenvalue weighted by atomic mass is 10.1. The van der Waals surface area contributed by atoms with E-state index in [0.717, 1.165) is 12.8 Å². The molecule has 2 unspecified atom stereocenters. The van der Waals surface area contributed by atoms with E-state index in [1.165, 1.54) is 0 Å². The summed E-state index contributed by atoms with van der Waals surface area (Å²) in [5, 5.41) is 0. The third kappa shape index (κ3) is 7.33. The maximum Gasteiger partial charge on any atom is 0.308 e. The third-order valence-corrected chi connectivity index (χ3v) is 2.30. The first-order valence-corrected chi connectivity index (χ1v) is 5.52. The predicted octanol–water partition coefficient (Wildman–Crippen LogP) is 1.33. The van der Waals surface area contributed by atoms with Crippen LogP contribution >= 0.6 is 0 Å². The van der Waals surface area contributed by atoms with Crippen LogP contribution in [0.1, 0.15) is 33.1 Å². The molecule has 0 aromatic rings. The average Bonchev–Trinajstić information content (AvgIpc) is 2.23. The van der Waals surface area contributed by atoms with Crippen LogP contribution in [0.2, 0.25) is 0 Å². The van der Waals surface area contributed by atoms with Gasteiger partial charge in [0.25, 0.3) is 0 Å². The van der Waals surface area contributed by atoms with Gasteiger partial charge in [-0.15, -0.1) is 0 Å². The van der Waals surface area contributed by atoms with Crippen molar-refractivity contribution in [3.05, 3.63) is 0 Å². The molecule has 2 N–H and O–H groups in total. The van der Waals surface area contributed by atoms with Gasteiger partial charge in [0.15, 0.2) is 0 Å². The van der Waals surface area contributed by atoms with Gasteiger partial charge in [0.2, 0.25) is 0 Å². The van der Waals surface area contributed by atoms with E-state index in [4.69, 9.17) is 15.2 Å². The van der Waals surface area contributed by atoms with Crippen molar-refractivity contribution in [2.75, 3.05) is 20.3 Å². The van der Waals surface area contributed by atoms with Crippen molar-refractivity contribution in [3.63, 3.8) is 0 Å². The topological polar surface area (TPSA) is 61.5 Å². The predicted molar refractivity (Wildman–Crippen MR) is 59.5 cm³/mol. The summed E-state index contributed by atoms with van der Waals surface area (Å²) < 4.78 is 10.1. The van der Waals surface area contributed by atoms with E-state index in [1.54, 1.807) is 7.11 Å². The molecule has 0 amide bonds. The van der Waals surface area contributed by atoms with Crippen LogP contribution in [0.5, 0.6) is 0 Å². The van der Waals surface area contributed by atoms with Crippen molar-refractivity contribution < 1.29 is 14.3 Å². The summed E-state index contributed by atoms with van der Waals surface area (Å²) in [5.41, 5.74) is 5.40. The molecular formula is C11H23NO3. The summed E-state index contributed by atoms with van der Waals surface area (Å²) in [6, 6.07) is 0. The number of nitrogens with two attached hydrogens (primary N) is 1. The Hall–Kier alpha value is -0.610. The number of hydrogen-bond acceptors (Lipinski definition) is 4. The highest BCUT2D eigenvalue weighted by Gasteiger charge is 2.13. The largest absolute Gasteiger partial charge is 0.465 e. The van der Waals surface area contributed by atoms with Gasteiger partial charge >= 0.3 is 5.97 Å². The Balaban J connectivity index is 3.64. The fourth-order valence-corrected chi connectivity index (χ4v) is 1.32. The minimum Gasteiger partial charge on any atom is -0.465 e. The molecule has 90 valence electrons. The molecule has 0 aliphatic heterocycles. The standard InChI is InChI=1S/C11H23NO3/c1-4-5-9(2)8-15-11(13)6-10(7-12)14-3/h9-10H,4-8,12H2,1-3H3. The molecule has 0 spiro atoms. The molecule has 0 fully saturated rings. The Morgan fingerprint density at radius 3 is 2.60 bits per heavy atom. The molecule has 0 aromatic carbocycles. The number of methoxy groups -OCH3 is 1. The molecule has 0 aliphatic carbocycles. The van der Waals surface area contributed by atoms with Gasteiger partial charge in [-0.05, 0) is 12.3 Å². The fraction of sp³-hybridized carbons (Fsp3) is 0.909. The summed E-state index contributed by atoms with van der Waals surface area (Å²) in [6.07, 6.45) is 2.21. The van der Waals surface area contributed by atoms with Gasteiger partial charge < -0.3 is 15.2 Å². The molecule has 0 bridgehead atoms. The molecule has 2 atom stereocenters. The van der Waals surface area contributed by atoms with Crippen molar-refractivity contribution in [2.45, 2.75) is 39.2 Å².